The van der Waals surface area contributed by atoms with Crippen LogP contribution in [0.1, 0.15) is 12.0 Å². The van der Waals surface area contributed by atoms with Gasteiger partial charge in [-0.25, -0.2) is 0 Å². The summed E-state index contributed by atoms with van der Waals surface area (Å²) in [6.07, 6.45) is 3.89. The lowest BCUT2D eigenvalue weighted by atomic mass is 10.1. The molecule has 0 amide bonds. The van der Waals surface area contributed by atoms with E-state index in [-0.39, 0.29) is 12.1 Å². The molecular weight excluding hydrogens is 268 g/mol. The van der Waals surface area contributed by atoms with E-state index in [1.165, 1.54) is 17.8 Å². The first kappa shape index (κ1) is 13.4. The molecule has 0 radical (unpaired) electrons. The number of H-pyrrole nitrogens is 1. The number of nitrogens with one attached hydrogen (secondary N) is 1. The van der Waals surface area contributed by atoms with Crippen molar-refractivity contribution in [2.24, 2.45) is 0 Å². The van der Waals surface area contributed by atoms with Gasteiger partial charge >= 0.3 is 5.97 Å². The molecule has 0 unspecified atom stereocenters. The highest BCUT2D eigenvalue weighted by Crippen LogP contribution is 2.35. The third-order valence-corrected chi connectivity index (χ3v) is 3.66. The molecule has 2 rings (SSSR count). The van der Waals surface area contributed by atoms with Crippen molar-refractivity contribution >= 4 is 34.3 Å². The molecule has 100 valence electrons. The number of aryl methyl sites for hydroxylation is 1. The number of non-ortho nitro benzene ring substituents is 1. The van der Waals surface area contributed by atoms with Crippen LogP contribution in [-0.4, -0.2) is 27.2 Å². The van der Waals surface area contributed by atoms with E-state index in [0.717, 1.165) is 15.8 Å². The number of aliphatic carboxylic acids is 1. The summed E-state index contributed by atoms with van der Waals surface area (Å²) in [4.78, 5) is 25.0. The average Bonchev–Trinajstić information content (AvgIpc) is 2.78. The lowest BCUT2D eigenvalue weighted by molar-refractivity contribution is -0.383. The first-order chi connectivity index (χ1) is 9.04. The Hall–Kier alpha value is -2.02. The van der Waals surface area contributed by atoms with Crippen molar-refractivity contribution in [2.45, 2.75) is 17.7 Å². The molecule has 0 atom stereocenters. The zero-order valence-electron chi connectivity index (χ0n) is 10.2. The van der Waals surface area contributed by atoms with Gasteiger partial charge < -0.3 is 10.1 Å². The Morgan fingerprint density at radius 3 is 2.84 bits per heavy atom. The first-order valence-corrected chi connectivity index (χ1v) is 6.80. The molecule has 7 heteroatoms. The second-order valence-electron chi connectivity index (χ2n) is 4.00. The molecule has 0 aliphatic carbocycles. The fourth-order valence-electron chi connectivity index (χ4n) is 2.03. The molecule has 0 aliphatic heterocycles. The van der Waals surface area contributed by atoms with Crippen molar-refractivity contribution in [2.75, 3.05) is 6.26 Å². The maximum atomic E-state index is 11.0. The van der Waals surface area contributed by atoms with Crippen LogP contribution in [0.3, 0.4) is 0 Å². The number of hydrogen-bond donors (Lipinski definition) is 2. The van der Waals surface area contributed by atoms with Crippen LogP contribution in [0.25, 0.3) is 10.9 Å². The minimum atomic E-state index is -0.884. The third-order valence-electron chi connectivity index (χ3n) is 2.88. The number of carbonyl (C=O) groups is 1. The second kappa shape index (κ2) is 5.31. The van der Waals surface area contributed by atoms with Gasteiger partial charge in [0.15, 0.2) is 0 Å². The summed E-state index contributed by atoms with van der Waals surface area (Å²) in [6.45, 7) is 0. The van der Waals surface area contributed by atoms with E-state index in [4.69, 9.17) is 5.11 Å². The van der Waals surface area contributed by atoms with Crippen molar-refractivity contribution in [3.05, 3.63) is 34.0 Å². The number of hydrogen-bond acceptors (Lipinski definition) is 4. The molecule has 1 aromatic carbocycles. The van der Waals surface area contributed by atoms with E-state index in [1.54, 1.807) is 12.3 Å². The summed E-state index contributed by atoms with van der Waals surface area (Å²) in [5, 5.41) is 20.5. The van der Waals surface area contributed by atoms with Gasteiger partial charge in [-0.1, -0.05) is 0 Å². The van der Waals surface area contributed by atoms with Crippen LogP contribution in [0, 0.1) is 10.1 Å². The number of rotatable bonds is 5. The normalized spacial score (nSPS) is 10.8. The number of aromatic amines is 1. The Morgan fingerprint density at radius 1 is 1.53 bits per heavy atom. The molecule has 1 heterocycles. The molecule has 0 spiro atoms. The van der Waals surface area contributed by atoms with Gasteiger partial charge in [0.05, 0.1) is 4.92 Å². The molecule has 0 fully saturated rings. The molecular formula is C12H12N2O4S. The molecule has 0 saturated carbocycles. The Bertz CT molecular complexity index is 650. The summed E-state index contributed by atoms with van der Waals surface area (Å²) in [7, 11) is 0. The molecule has 2 N–H and O–H groups in total. The predicted molar refractivity (Wildman–Crippen MR) is 72.7 cm³/mol. The number of carboxylic acids is 1. The molecule has 19 heavy (non-hydrogen) atoms. The Labute approximate surface area is 113 Å². The van der Waals surface area contributed by atoms with Crippen LogP contribution >= 0.6 is 11.8 Å². The summed E-state index contributed by atoms with van der Waals surface area (Å²) in [6, 6.07) is 3.16. The summed E-state index contributed by atoms with van der Waals surface area (Å²) in [5.41, 5.74) is 1.26. The minimum Gasteiger partial charge on any atom is -0.481 e. The van der Waals surface area contributed by atoms with Gasteiger partial charge in [-0.15, -0.1) is 11.8 Å². The van der Waals surface area contributed by atoms with Crippen LogP contribution < -0.4 is 0 Å². The Balaban J connectivity index is 2.57. The largest absolute Gasteiger partial charge is 0.481 e. The third kappa shape index (κ3) is 2.55. The number of nitro benzene ring substituents is 1. The van der Waals surface area contributed by atoms with Crippen LogP contribution in [0.15, 0.2) is 23.2 Å². The lowest BCUT2D eigenvalue weighted by Gasteiger charge is -2.03. The van der Waals surface area contributed by atoms with Gasteiger partial charge in [0.25, 0.3) is 5.69 Å². The first-order valence-electron chi connectivity index (χ1n) is 5.57. The van der Waals surface area contributed by atoms with E-state index in [0.29, 0.717) is 11.9 Å². The van der Waals surface area contributed by atoms with Gasteiger partial charge in [0, 0.05) is 29.0 Å². The second-order valence-corrected chi connectivity index (χ2v) is 4.85. The molecule has 1 aromatic heterocycles. The Morgan fingerprint density at radius 2 is 2.26 bits per heavy atom. The van der Waals surface area contributed by atoms with Gasteiger partial charge in [-0.05, 0) is 24.3 Å². The summed E-state index contributed by atoms with van der Waals surface area (Å²) in [5.74, 6) is -0.884. The van der Waals surface area contributed by atoms with E-state index in [1.807, 2.05) is 6.26 Å². The van der Waals surface area contributed by atoms with Crippen molar-refractivity contribution in [1.82, 2.24) is 4.98 Å². The van der Waals surface area contributed by atoms with E-state index in [9.17, 15) is 14.9 Å². The van der Waals surface area contributed by atoms with Gasteiger partial charge in [-0.2, -0.15) is 0 Å². The predicted octanol–water partition coefficient (Wildman–Crippen LogP) is 2.82. The standard InChI is InChI=1S/C12H12N2O4S/c1-19-9-4-3-8(14(17)18)12-11(9)7(6-13-12)2-5-10(15)16/h3-4,6,13H,2,5H2,1H3,(H,15,16). The number of fused-ring (bicyclic) bond motifs is 1. The number of benzene rings is 1. The summed E-state index contributed by atoms with van der Waals surface area (Å²) >= 11 is 1.48. The maximum absolute atomic E-state index is 11.0. The lowest BCUT2D eigenvalue weighted by Crippen LogP contribution is -1.97. The fraction of sp³-hybridized carbons (Fsp3) is 0.250. The van der Waals surface area contributed by atoms with Crippen molar-refractivity contribution in [3.8, 4) is 0 Å². The van der Waals surface area contributed by atoms with E-state index < -0.39 is 10.9 Å². The van der Waals surface area contributed by atoms with Crippen LogP contribution in [-0.2, 0) is 11.2 Å². The summed E-state index contributed by atoms with van der Waals surface area (Å²) < 4.78 is 0. The van der Waals surface area contributed by atoms with E-state index in [2.05, 4.69) is 4.98 Å². The topological polar surface area (TPSA) is 96.2 Å². The highest BCUT2D eigenvalue weighted by molar-refractivity contribution is 7.98. The number of nitrogens with zero attached hydrogens (tertiary/aromatic N) is 1. The Kier molecular flexibility index (Phi) is 3.75. The minimum absolute atomic E-state index is 0.00344. The van der Waals surface area contributed by atoms with Crippen LogP contribution in [0.4, 0.5) is 5.69 Å². The van der Waals surface area contributed by atoms with Crippen molar-refractivity contribution < 1.29 is 14.8 Å². The zero-order valence-corrected chi connectivity index (χ0v) is 11.0. The molecule has 6 nitrogen and oxygen atoms in total. The number of nitro groups is 1. The number of carboxylic acid groups (broad SMARTS) is 1. The number of aromatic nitrogens is 1. The van der Waals surface area contributed by atoms with Gasteiger partial charge in [-0.3, -0.25) is 14.9 Å². The van der Waals surface area contributed by atoms with Crippen LogP contribution in [0.5, 0.6) is 0 Å². The quantitative estimate of drug-likeness (QED) is 0.498. The molecule has 2 aromatic rings. The van der Waals surface area contributed by atoms with Gasteiger partial charge in [0.2, 0.25) is 0 Å². The molecule has 0 aliphatic rings. The monoisotopic (exact) mass is 280 g/mol. The fourth-order valence-corrected chi connectivity index (χ4v) is 2.67. The van der Waals surface area contributed by atoms with Crippen molar-refractivity contribution in [1.29, 1.82) is 0 Å². The average molecular weight is 280 g/mol. The molecule has 0 bridgehead atoms. The maximum Gasteiger partial charge on any atom is 0.303 e. The van der Waals surface area contributed by atoms with Gasteiger partial charge in [0.1, 0.15) is 5.52 Å². The van der Waals surface area contributed by atoms with E-state index >= 15 is 0 Å². The number of thioether (sulfide) groups is 1. The van der Waals surface area contributed by atoms with Crippen LogP contribution in [0.2, 0.25) is 0 Å². The molecule has 0 saturated heterocycles. The smallest absolute Gasteiger partial charge is 0.303 e. The zero-order chi connectivity index (χ0) is 14.0. The highest BCUT2D eigenvalue weighted by Gasteiger charge is 2.18. The SMILES string of the molecule is CSc1ccc([N+](=O)[O-])c2[nH]cc(CCC(=O)O)c12. The van der Waals surface area contributed by atoms with Crippen molar-refractivity contribution in [3.63, 3.8) is 0 Å². The highest BCUT2D eigenvalue weighted by atomic mass is 32.2.